The van der Waals surface area contributed by atoms with E-state index in [1.807, 2.05) is 27.7 Å². The first-order chi connectivity index (χ1) is 11.9. The quantitative estimate of drug-likeness (QED) is 0.665. The average Bonchev–Trinajstić information content (AvgIpc) is 2.46. The van der Waals surface area contributed by atoms with Crippen LogP contribution in [0.15, 0.2) is 12.1 Å². The van der Waals surface area contributed by atoms with Crippen LogP contribution in [0, 0.1) is 5.82 Å². The predicted octanol–water partition coefficient (Wildman–Crippen LogP) is 3.46. The van der Waals surface area contributed by atoms with E-state index >= 15 is 0 Å². The minimum absolute atomic E-state index is 0.00169. The zero-order chi connectivity index (χ0) is 20.1. The van der Waals surface area contributed by atoms with Gasteiger partial charge in [-0.3, -0.25) is 9.59 Å². The van der Waals surface area contributed by atoms with Gasteiger partial charge in [0.25, 0.3) is 0 Å². The lowest BCUT2D eigenvalue weighted by Crippen LogP contribution is -2.22. The van der Waals surface area contributed by atoms with Gasteiger partial charge >= 0.3 is 5.97 Å². The molecule has 0 unspecified atom stereocenters. The molecule has 0 fully saturated rings. The van der Waals surface area contributed by atoms with Crippen LogP contribution < -0.4 is 0 Å². The number of Topliss-reactive ketones (excluding diaryl/α,β-unsaturated/α-hetero) is 1. The number of hydrogen-bond donors (Lipinski definition) is 1. The lowest BCUT2D eigenvalue weighted by molar-refractivity contribution is -0.137. The first-order valence-electron chi connectivity index (χ1n) is 8.69. The van der Waals surface area contributed by atoms with Gasteiger partial charge in [0.05, 0.1) is 5.75 Å². The van der Waals surface area contributed by atoms with Gasteiger partial charge in [-0.25, -0.2) is 12.8 Å². The fourth-order valence-corrected chi connectivity index (χ4v) is 4.24. The summed E-state index contributed by atoms with van der Waals surface area (Å²) < 4.78 is 38.0. The molecule has 0 atom stereocenters. The molecule has 0 saturated heterocycles. The second-order valence-corrected chi connectivity index (χ2v) is 9.36. The number of rotatable bonds is 10. The summed E-state index contributed by atoms with van der Waals surface area (Å²) in [6.45, 7) is 7.59. The van der Waals surface area contributed by atoms with E-state index in [4.69, 9.17) is 5.11 Å². The van der Waals surface area contributed by atoms with Gasteiger partial charge in [-0.1, -0.05) is 27.7 Å². The van der Waals surface area contributed by atoms with Gasteiger partial charge < -0.3 is 5.11 Å². The highest BCUT2D eigenvalue weighted by molar-refractivity contribution is 7.92. The minimum atomic E-state index is -3.66. The van der Waals surface area contributed by atoms with Crippen molar-refractivity contribution in [1.29, 1.82) is 0 Å². The summed E-state index contributed by atoms with van der Waals surface area (Å²) in [6.07, 6.45) is -0.337. The van der Waals surface area contributed by atoms with Crippen LogP contribution in [0.4, 0.5) is 4.39 Å². The SMILES string of the molecule is CC(C)c1cc(F)cc(C(C)C)c1CC(=O)CS(=O)(=O)CCCC(=O)O. The van der Waals surface area contributed by atoms with Crippen LogP contribution in [-0.4, -0.2) is 36.8 Å². The van der Waals surface area contributed by atoms with Crippen LogP contribution in [0.2, 0.25) is 0 Å². The molecular formula is C19H27FO5S. The second kappa shape index (κ2) is 9.26. The van der Waals surface area contributed by atoms with Crippen molar-refractivity contribution >= 4 is 21.6 Å². The maximum Gasteiger partial charge on any atom is 0.303 e. The van der Waals surface area contributed by atoms with Gasteiger partial charge in [0, 0.05) is 12.8 Å². The van der Waals surface area contributed by atoms with Crippen LogP contribution in [-0.2, 0) is 25.8 Å². The molecule has 0 spiro atoms. The topological polar surface area (TPSA) is 88.5 Å². The molecule has 0 aliphatic rings. The van der Waals surface area contributed by atoms with Crippen LogP contribution >= 0.6 is 0 Å². The molecule has 0 bridgehead atoms. The van der Waals surface area contributed by atoms with Crippen molar-refractivity contribution < 1.29 is 27.5 Å². The van der Waals surface area contributed by atoms with Gasteiger partial charge in [0.2, 0.25) is 0 Å². The Bertz CT molecular complexity index is 737. The van der Waals surface area contributed by atoms with Crippen molar-refractivity contribution in [2.24, 2.45) is 0 Å². The number of carbonyl (C=O) groups excluding carboxylic acids is 1. The zero-order valence-corrected chi connectivity index (χ0v) is 16.5. The Kier molecular flexibility index (Phi) is 7.93. The lowest BCUT2D eigenvalue weighted by Gasteiger charge is -2.19. The molecule has 26 heavy (non-hydrogen) atoms. The number of aliphatic carboxylic acids is 1. The summed E-state index contributed by atoms with van der Waals surface area (Å²) in [4.78, 5) is 22.9. The van der Waals surface area contributed by atoms with E-state index in [1.165, 1.54) is 12.1 Å². The normalized spacial score (nSPS) is 12.0. The molecule has 0 amide bonds. The molecule has 146 valence electrons. The molecule has 1 rings (SSSR count). The molecule has 1 aromatic rings. The minimum Gasteiger partial charge on any atom is -0.481 e. The molecule has 1 aromatic carbocycles. The third-order valence-electron chi connectivity index (χ3n) is 4.13. The van der Waals surface area contributed by atoms with Crippen molar-refractivity contribution in [1.82, 2.24) is 0 Å². The van der Waals surface area contributed by atoms with Gasteiger partial charge in [0.1, 0.15) is 11.6 Å². The standard InChI is InChI=1S/C19H27FO5S/c1-12(2)16-8-14(20)9-17(13(3)4)18(16)10-15(21)11-26(24,25)7-5-6-19(22)23/h8-9,12-13H,5-7,10-11H2,1-4H3,(H,22,23). The van der Waals surface area contributed by atoms with Gasteiger partial charge in [0.15, 0.2) is 15.6 Å². The predicted molar refractivity (Wildman–Crippen MR) is 98.8 cm³/mol. The van der Waals surface area contributed by atoms with Crippen molar-refractivity contribution in [3.8, 4) is 0 Å². The Morgan fingerprint density at radius 2 is 1.58 bits per heavy atom. The first kappa shape index (κ1) is 22.3. The van der Waals surface area contributed by atoms with E-state index in [1.54, 1.807) is 0 Å². The van der Waals surface area contributed by atoms with Crippen molar-refractivity contribution in [3.63, 3.8) is 0 Å². The van der Waals surface area contributed by atoms with Crippen LogP contribution in [0.1, 0.15) is 69.1 Å². The highest BCUT2D eigenvalue weighted by Crippen LogP contribution is 2.29. The molecule has 0 radical (unpaired) electrons. The third kappa shape index (κ3) is 6.86. The maximum atomic E-state index is 13.9. The molecule has 0 saturated carbocycles. The van der Waals surface area contributed by atoms with E-state index in [-0.39, 0.29) is 42.7 Å². The van der Waals surface area contributed by atoms with E-state index in [0.717, 1.165) is 0 Å². The molecule has 0 heterocycles. The smallest absolute Gasteiger partial charge is 0.303 e. The Morgan fingerprint density at radius 3 is 2.00 bits per heavy atom. The summed E-state index contributed by atoms with van der Waals surface area (Å²) in [5, 5.41) is 8.58. The average molecular weight is 386 g/mol. The van der Waals surface area contributed by atoms with E-state index < -0.39 is 27.3 Å². The number of benzene rings is 1. The summed E-state index contributed by atoms with van der Waals surface area (Å²) in [5.41, 5.74) is 2.12. The number of ketones is 1. The molecule has 5 nitrogen and oxygen atoms in total. The highest BCUT2D eigenvalue weighted by Gasteiger charge is 2.22. The van der Waals surface area contributed by atoms with E-state index in [0.29, 0.717) is 16.7 Å². The number of carbonyl (C=O) groups is 2. The van der Waals surface area contributed by atoms with E-state index in [2.05, 4.69) is 0 Å². The Morgan fingerprint density at radius 1 is 1.08 bits per heavy atom. The molecular weight excluding hydrogens is 359 g/mol. The van der Waals surface area contributed by atoms with Gasteiger partial charge in [-0.2, -0.15) is 0 Å². The fourth-order valence-electron chi connectivity index (χ4n) is 2.92. The number of carboxylic acid groups (broad SMARTS) is 1. The maximum absolute atomic E-state index is 13.9. The van der Waals surface area contributed by atoms with Crippen LogP contribution in [0.3, 0.4) is 0 Å². The largest absolute Gasteiger partial charge is 0.481 e. The summed E-state index contributed by atoms with van der Waals surface area (Å²) in [5.74, 6) is -2.86. The Labute approximate surface area is 154 Å². The van der Waals surface area contributed by atoms with Crippen molar-refractivity contribution in [2.75, 3.05) is 11.5 Å². The summed E-state index contributed by atoms with van der Waals surface area (Å²) in [7, 11) is -3.66. The Hall–Kier alpha value is -1.76. The van der Waals surface area contributed by atoms with Crippen molar-refractivity contribution in [3.05, 3.63) is 34.6 Å². The molecule has 7 heteroatoms. The monoisotopic (exact) mass is 386 g/mol. The number of sulfone groups is 1. The van der Waals surface area contributed by atoms with Crippen molar-refractivity contribution in [2.45, 2.75) is 58.8 Å². The number of hydrogen-bond acceptors (Lipinski definition) is 4. The third-order valence-corrected chi connectivity index (χ3v) is 5.80. The Balaban J connectivity index is 3.00. The summed E-state index contributed by atoms with van der Waals surface area (Å²) >= 11 is 0. The van der Waals surface area contributed by atoms with Gasteiger partial charge in [-0.05, 0) is 47.1 Å². The highest BCUT2D eigenvalue weighted by atomic mass is 32.2. The number of halogens is 1. The molecule has 0 aliphatic heterocycles. The zero-order valence-electron chi connectivity index (χ0n) is 15.7. The molecule has 0 aliphatic carbocycles. The molecule has 1 N–H and O–H groups in total. The first-order valence-corrected chi connectivity index (χ1v) is 10.5. The lowest BCUT2D eigenvalue weighted by atomic mass is 9.86. The fraction of sp³-hybridized carbons (Fsp3) is 0.579. The number of carboxylic acids is 1. The van der Waals surface area contributed by atoms with Crippen LogP contribution in [0.5, 0.6) is 0 Å². The van der Waals surface area contributed by atoms with Gasteiger partial charge in [-0.15, -0.1) is 0 Å². The summed E-state index contributed by atoms with van der Waals surface area (Å²) in [6, 6.07) is 2.81. The molecule has 0 aromatic heterocycles. The van der Waals surface area contributed by atoms with Crippen LogP contribution in [0.25, 0.3) is 0 Å². The second-order valence-electron chi connectivity index (χ2n) is 7.18. The van der Waals surface area contributed by atoms with E-state index in [9.17, 15) is 22.4 Å².